The van der Waals surface area contributed by atoms with Gasteiger partial charge in [0.15, 0.2) is 10.9 Å². The van der Waals surface area contributed by atoms with Gasteiger partial charge in [-0.05, 0) is 29.5 Å². The van der Waals surface area contributed by atoms with Crippen LogP contribution >= 0.6 is 34.5 Å². The maximum Gasteiger partial charge on any atom is 0.230 e. The number of hydrogen-bond acceptors (Lipinski definition) is 4. The Bertz CT molecular complexity index is 830. The lowest BCUT2D eigenvalue weighted by Crippen LogP contribution is -2.26. The van der Waals surface area contributed by atoms with Crippen LogP contribution in [0.4, 0.5) is 5.13 Å². The second-order valence-corrected chi connectivity index (χ2v) is 8.54. The molecule has 4 nitrogen and oxygen atoms in total. The first-order valence-corrected chi connectivity index (χ1v) is 9.07. The van der Waals surface area contributed by atoms with Crippen molar-refractivity contribution in [2.24, 2.45) is 5.41 Å². The third-order valence-corrected chi connectivity index (χ3v) is 5.49. The van der Waals surface area contributed by atoms with E-state index in [0.29, 0.717) is 32.0 Å². The number of nitrogens with one attached hydrogen (secondary N) is 1. The van der Waals surface area contributed by atoms with Crippen molar-refractivity contribution in [1.29, 1.82) is 0 Å². The monoisotopic (exact) mass is 382 g/mol. The molecule has 0 saturated carbocycles. The molecule has 1 aromatic heterocycles. The van der Waals surface area contributed by atoms with Crippen LogP contribution in [0.2, 0.25) is 10.0 Å². The summed E-state index contributed by atoms with van der Waals surface area (Å²) in [4.78, 5) is 29.5. The zero-order chi connectivity index (χ0) is 17.5. The van der Waals surface area contributed by atoms with Gasteiger partial charge in [0.1, 0.15) is 0 Å². The topological polar surface area (TPSA) is 59.1 Å². The van der Waals surface area contributed by atoms with Gasteiger partial charge < -0.3 is 5.32 Å². The Morgan fingerprint density at radius 1 is 1.33 bits per heavy atom. The molecule has 1 aliphatic carbocycles. The van der Waals surface area contributed by atoms with E-state index >= 15 is 0 Å². The molecule has 0 unspecified atom stereocenters. The van der Waals surface area contributed by atoms with Crippen LogP contribution in [-0.2, 0) is 17.6 Å². The molecule has 0 atom stereocenters. The van der Waals surface area contributed by atoms with Crippen molar-refractivity contribution in [3.05, 3.63) is 44.4 Å². The van der Waals surface area contributed by atoms with Gasteiger partial charge in [-0.25, -0.2) is 4.98 Å². The lowest BCUT2D eigenvalue weighted by atomic mass is 9.78. The third-order valence-electron chi connectivity index (χ3n) is 3.85. The summed E-state index contributed by atoms with van der Waals surface area (Å²) >= 11 is 13.2. The first kappa shape index (κ1) is 17.4. The van der Waals surface area contributed by atoms with E-state index in [1.807, 2.05) is 13.8 Å². The molecule has 126 valence electrons. The highest BCUT2D eigenvalue weighted by Gasteiger charge is 2.34. The summed E-state index contributed by atoms with van der Waals surface area (Å²) in [6.45, 7) is 4.10. The van der Waals surface area contributed by atoms with Gasteiger partial charge in [-0.3, -0.25) is 9.59 Å². The van der Waals surface area contributed by atoms with Gasteiger partial charge in [0.2, 0.25) is 5.91 Å². The number of carbonyl (C=O) groups is 2. The third kappa shape index (κ3) is 3.79. The van der Waals surface area contributed by atoms with Crippen molar-refractivity contribution in [3.8, 4) is 0 Å². The van der Waals surface area contributed by atoms with E-state index in [2.05, 4.69) is 10.3 Å². The minimum Gasteiger partial charge on any atom is -0.302 e. The smallest absolute Gasteiger partial charge is 0.230 e. The zero-order valence-electron chi connectivity index (χ0n) is 13.3. The molecule has 1 aliphatic rings. The Labute approximate surface area is 154 Å². The van der Waals surface area contributed by atoms with Gasteiger partial charge in [0, 0.05) is 16.5 Å². The van der Waals surface area contributed by atoms with Gasteiger partial charge in [0.05, 0.1) is 17.0 Å². The number of ketones is 1. The van der Waals surface area contributed by atoms with E-state index in [1.165, 1.54) is 11.3 Å². The number of fused-ring (bicyclic) bond motifs is 1. The largest absolute Gasteiger partial charge is 0.302 e. The molecule has 1 aromatic carbocycles. The van der Waals surface area contributed by atoms with Crippen molar-refractivity contribution >= 4 is 51.4 Å². The van der Waals surface area contributed by atoms with Crippen molar-refractivity contribution in [3.63, 3.8) is 0 Å². The Balaban J connectivity index is 1.73. The molecule has 0 radical (unpaired) electrons. The van der Waals surface area contributed by atoms with Crippen LogP contribution in [0, 0.1) is 5.41 Å². The number of hydrogen-bond donors (Lipinski definition) is 1. The fourth-order valence-corrected chi connectivity index (χ4v) is 4.19. The summed E-state index contributed by atoms with van der Waals surface area (Å²) < 4.78 is 0. The highest BCUT2D eigenvalue weighted by molar-refractivity contribution is 7.17. The van der Waals surface area contributed by atoms with Gasteiger partial charge in [-0.15, -0.1) is 0 Å². The maximum absolute atomic E-state index is 12.2. The number of carbonyl (C=O) groups excluding carboxylic acids is 2. The summed E-state index contributed by atoms with van der Waals surface area (Å²) in [5, 5.41) is 4.20. The molecule has 1 amide bonds. The number of anilines is 1. The predicted octanol–water partition coefficient (Wildman–Crippen LogP) is 4.79. The molecule has 0 bridgehead atoms. The number of halogens is 2. The molecule has 1 N–H and O–H groups in total. The molecule has 0 spiro atoms. The molecule has 2 aromatic rings. The van der Waals surface area contributed by atoms with E-state index in [4.69, 9.17) is 23.2 Å². The number of nitrogens with zero attached hydrogens (tertiary/aromatic N) is 1. The summed E-state index contributed by atoms with van der Waals surface area (Å²) in [5.74, 6) is -0.128. The average Bonchev–Trinajstić information content (AvgIpc) is 2.83. The molecule has 0 saturated heterocycles. The van der Waals surface area contributed by atoms with Crippen molar-refractivity contribution in [2.45, 2.75) is 33.1 Å². The number of Topliss-reactive ketones (excluding diaryl/α,β-unsaturated/α-hetero) is 1. The van der Waals surface area contributed by atoms with Crippen molar-refractivity contribution in [1.82, 2.24) is 4.98 Å². The quantitative estimate of drug-likeness (QED) is 0.829. The number of aromatic nitrogens is 1. The second-order valence-electron chi connectivity index (χ2n) is 6.70. The van der Waals surface area contributed by atoms with Gasteiger partial charge in [-0.1, -0.05) is 54.5 Å². The van der Waals surface area contributed by atoms with Crippen LogP contribution < -0.4 is 5.32 Å². The SMILES string of the molecule is CC1(C)CC(=O)c2sc(NC(=O)Cc3ccc(Cl)cc3Cl)nc2C1. The molecule has 7 heteroatoms. The lowest BCUT2D eigenvalue weighted by Gasteiger charge is -2.26. The average molecular weight is 383 g/mol. The molecule has 1 heterocycles. The Morgan fingerprint density at radius 3 is 2.79 bits per heavy atom. The van der Waals surface area contributed by atoms with Gasteiger partial charge in [0.25, 0.3) is 0 Å². The van der Waals surface area contributed by atoms with Crippen molar-refractivity contribution in [2.75, 3.05) is 5.32 Å². The number of amides is 1. The first-order chi connectivity index (χ1) is 11.2. The molecule has 24 heavy (non-hydrogen) atoms. The zero-order valence-corrected chi connectivity index (χ0v) is 15.6. The second kappa shape index (κ2) is 6.47. The molecule has 0 fully saturated rings. The molecular weight excluding hydrogens is 367 g/mol. The minimum atomic E-state index is -0.225. The van der Waals surface area contributed by atoms with Crippen LogP contribution in [0.5, 0.6) is 0 Å². The van der Waals surface area contributed by atoms with Gasteiger partial charge >= 0.3 is 0 Å². The Kier molecular flexibility index (Phi) is 4.69. The molecular formula is C17H16Cl2N2O2S. The van der Waals surface area contributed by atoms with Crippen LogP contribution in [0.25, 0.3) is 0 Å². The molecule has 0 aliphatic heterocycles. The Morgan fingerprint density at radius 2 is 2.08 bits per heavy atom. The lowest BCUT2D eigenvalue weighted by molar-refractivity contribution is -0.115. The first-order valence-electron chi connectivity index (χ1n) is 7.50. The van der Waals surface area contributed by atoms with Crippen LogP contribution in [0.1, 0.15) is 41.2 Å². The fraction of sp³-hybridized carbons (Fsp3) is 0.353. The van der Waals surface area contributed by atoms with E-state index in [9.17, 15) is 9.59 Å². The predicted molar refractivity (Wildman–Crippen MR) is 97.3 cm³/mol. The number of benzene rings is 1. The van der Waals surface area contributed by atoms with E-state index in [0.717, 1.165) is 12.1 Å². The fourth-order valence-electron chi connectivity index (χ4n) is 2.78. The summed E-state index contributed by atoms with van der Waals surface area (Å²) in [5.41, 5.74) is 1.38. The van der Waals surface area contributed by atoms with Crippen LogP contribution in [0.3, 0.4) is 0 Å². The summed E-state index contributed by atoms with van der Waals surface area (Å²) in [6, 6.07) is 5.02. The number of thiazole rings is 1. The summed E-state index contributed by atoms with van der Waals surface area (Å²) in [7, 11) is 0. The van der Waals surface area contributed by atoms with Crippen molar-refractivity contribution < 1.29 is 9.59 Å². The van der Waals surface area contributed by atoms with E-state index < -0.39 is 0 Å². The van der Waals surface area contributed by atoms with Crippen LogP contribution in [0.15, 0.2) is 18.2 Å². The molecule has 3 rings (SSSR count). The highest BCUT2D eigenvalue weighted by Crippen LogP contribution is 2.38. The standard InChI is InChI=1S/C17H16Cl2N2O2S/c1-17(2)7-12-15(13(22)8-17)24-16(20-12)21-14(23)5-9-3-4-10(18)6-11(9)19/h3-4,6H,5,7-8H2,1-2H3,(H,20,21,23). The highest BCUT2D eigenvalue weighted by atomic mass is 35.5. The number of rotatable bonds is 3. The Hall–Kier alpha value is -1.43. The van der Waals surface area contributed by atoms with Gasteiger partial charge in [-0.2, -0.15) is 0 Å². The van der Waals surface area contributed by atoms with E-state index in [1.54, 1.807) is 18.2 Å². The van der Waals surface area contributed by atoms with E-state index in [-0.39, 0.29) is 23.5 Å². The summed E-state index contributed by atoms with van der Waals surface area (Å²) in [6.07, 6.45) is 1.37. The minimum absolute atomic E-state index is 0.0870. The maximum atomic E-state index is 12.2. The van der Waals surface area contributed by atoms with Crippen LogP contribution in [-0.4, -0.2) is 16.7 Å². The normalized spacial score (nSPS) is 15.9.